The molecule has 1 aliphatic rings. The highest BCUT2D eigenvalue weighted by Crippen LogP contribution is 2.38. The second kappa shape index (κ2) is 8.50. The van der Waals surface area contributed by atoms with Gasteiger partial charge in [0.2, 0.25) is 16.0 Å². The summed E-state index contributed by atoms with van der Waals surface area (Å²) in [6, 6.07) is -0.136. The van der Waals surface area contributed by atoms with E-state index in [4.69, 9.17) is 4.74 Å². The van der Waals surface area contributed by atoms with Gasteiger partial charge in [0.05, 0.1) is 23.4 Å². The number of alkyl halides is 3. The summed E-state index contributed by atoms with van der Waals surface area (Å²) >= 11 is 1.07. The highest BCUT2D eigenvalue weighted by molar-refractivity contribution is 7.88. The number of thiazole rings is 1. The lowest BCUT2D eigenvalue weighted by Gasteiger charge is -2.30. The van der Waals surface area contributed by atoms with Gasteiger partial charge < -0.3 is 10.1 Å². The summed E-state index contributed by atoms with van der Waals surface area (Å²) in [6.45, 7) is 0.861. The maximum Gasteiger partial charge on any atom is 0.420 e. The molecule has 29 heavy (non-hydrogen) atoms. The summed E-state index contributed by atoms with van der Waals surface area (Å²) in [7, 11) is -1.78. The van der Waals surface area contributed by atoms with E-state index in [1.807, 2.05) is 0 Å². The first-order valence-corrected chi connectivity index (χ1v) is 11.3. The van der Waals surface area contributed by atoms with E-state index in [1.54, 1.807) is 0 Å². The van der Waals surface area contributed by atoms with Crippen LogP contribution in [0.3, 0.4) is 0 Å². The second-order valence-electron chi connectivity index (χ2n) is 6.59. The number of sulfonamides is 1. The van der Waals surface area contributed by atoms with Crippen molar-refractivity contribution < 1.29 is 26.3 Å². The van der Waals surface area contributed by atoms with Gasteiger partial charge in [0.25, 0.3) is 0 Å². The molecule has 0 saturated carbocycles. The van der Waals surface area contributed by atoms with Crippen LogP contribution in [0, 0.1) is 0 Å². The van der Waals surface area contributed by atoms with Crippen molar-refractivity contribution in [1.29, 1.82) is 0 Å². The van der Waals surface area contributed by atoms with E-state index in [1.165, 1.54) is 17.6 Å². The number of rotatable bonds is 6. The van der Waals surface area contributed by atoms with Gasteiger partial charge in [0.15, 0.2) is 0 Å². The van der Waals surface area contributed by atoms with E-state index >= 15 is 0 Å². The second-order valence-corrected chi connectivity index (χ2v) is 9.68. The van der Waals surface area contributed by atoms with Crippen molar-refractivity contribution in [2.24, 2.45) is 0 Å². The van der Waals surface area contributed by atoms with Crippen molar-refractivity contribution in [1.82, 2.24) is 19.3 Å². The molecule has 3 rings (SSSR count). The molecule has 1 aliphatic heterocycles. The molecule has 0 aliphatic carbocycles. The van der Waals surface area contributed by atoms with Gasteiger partial charge in [-0.25, -0.2) is 27.7 Å². The van der Waals surface area contributed by atoms with Crippen molar-refractivity contribution in [3.63, 3.8) is 0 Å². The normalized spacial score (nSPS) is 16.9. The third kappa shape index (κ3) is 5.41. The number of nitrogens with zero attached hydrogens (tertiary/aromatic N) is 4. The Morgan fingerprint density at radius 1 is 1.28 bits per heavy atom. The van der Waals surface area contributed by atoms with E-state index in [2.05, 4.69) is 20.3 Å². The lowest BCUT2D eigenvalue weighted by molar-refractivity contribution is -0.137. The molecular formula is C16H20F3N5O3S2. The molecule has 1 N–H and O–H groups in total. The zero-order valence-corrected chi connectivity index (χ0v) is 17.4. The number of piperidine rings is 1. The molecule has 13 heteroatoms. The van der Waals surface area contributed by atoms with Crippen LogP contribution in [0.4, 0.5) is 19.1 Å². The minimum absolute atomic E-state index is 0.0625. The lowest BCUT2D eigenvalue weighted by Crippen LogP contribution is -2.42. The first kappa shape index (κ1) is 21.9. The Balaban J connectivity index is 1.82. The van der Waals surface area contributed by atoms with Crippen molar-refractivity contribution >= 4 is 27.3 Å². The number of anilines is 1. The van der Waals surface area contributed by atoms with Gasteiger partial charge in [-0.2, -0.15) is 13.2 Å². The van der Waals surface area contributed by atoms with Gasteiger partial charge in [0, 0.05) is 38.6 Å². The number of ether oxygens (including phenoxy) is 1. The fourth-order valence-corrected chi connectivity index (χ4v) is 4.74. The molecule has 0 amide bonds. The monoisotopic (exact) mass is 451 g/mol. The number of hydrogen-bond donors (Lipinski definition) is 1. The van der Waals surface area contributed by atoms with Gasteiger partial charge in [-0.1, -0.05) is 0 Å². The zero-order valence-electron chi connectivity index (χ0n) is 15.7. The van der Waals surface area contributed by atoms with Crippen LogP contribution >= 0.6 is 11.3 Å². The quantitative estimate of drug-likeness (QED) is 0.721. The van der Waals surface area contributed by atoms with Crippen molar-refractivity contribution in [2.75, 3.05) is 31.8 Å². The molecule has 3 heterocycles. The Hall–Kier alpha value is -1.83. The molecule has 160 valence electrons. The fraction of sp³-hybridized carbons (Fsp3) is 0.562. The Kier molecular flexibility index (Phi) is 6.41. The van der Waals surface area contributed by atoms with Gasteiger partial charge in [0.1, 0.15) is 10.6 Å². The molecule has 0 bridgehead atoms. The predicted molar refractivity (Wildman–Crippen MR) is 102 cm³/mol. The average Bonchev–Trinajstić information content (AvgIpc) is 3.09. The summed E-state index contributed by atoms with van der Waals surface area (Å²) in [5, 5.41) is 3.56. The molecule has 0 atom stereocenters. The first-order valence-electron chi connectivity index (χ1n) is 8.68. The fourth-order valence-electron chi connectivity index (χ4n) is 2.97. The summed E-state index contributed by atoms with van der Waals surface area (Å²) < 4.78 is 69.8. The number of aromatic nitrogens is 3. The van der Waals surface area contributed by atoms with Crippen LogP contribution in [0.5, 0.6) is 0 Å². The molecule has 2 aromatic heterocycles. The summed E-state index contributed by atoms with van der Waals surface area (Å²) in [6.07, 6.45) is -0.355. The smallest absolute Gasteiger partial charge is 0.378 e. The maximum atomic E-state index is 13.4. The highest BCUT2D eigenvalue weighted by atomic mass is 32.2. The highest BCUT2D eigenvalue weighted by Gasteiger charge is 2.36. The van der Waals surface area contributed by atoms with Gasteiger partial charge in [-0.3, -0.25) is 0 Å². The van der Waals surface area contributed by atoms with Crippen LogP contribution in [0.25, 0.3) is 10.6 Å². The van der Waals surface area contributed by atoms with Crippen LogP contribution in [-0.4, -0.2) is 60.2 Å². The van der Waals surface area contributed by atoms with Crippen molar-refractivity contribution in [3.8, 4) is 10.6 Å². The molecule has 0 aromatic carbocycles. The number of methoxy groups -OCH3 is 1. The Labute approximate surface area is 170 Å². The SMILES string of the molecule is COCc1ncc(-c2nc(NC3CCN(S(C)(=O)=O)CC3)ncc2C(F)(F)F)s1. The van der Waals surface area contributed by atoms with Gasteiger partial charge in [-0.05, 0) is 12.8 Å². The van der Waals surface area contributed by atoms with E-state index in [9.17, 15) is 21.6 Å². The van der Waals surface area contributed by atoms with E-state index in [0.717, 1.165) is 23.8 Å². The van der Waals surface area contributed by atoms with Crippen LogP contribution in [0.15, 0.2) is 12.4 Å². The minimum atomic E-state index is -4.61. The number of nitrogens with one attached hydrogen (secondary N) is 1. The zero-order chi connectivity index (χ0) is 21.2. The predicted octanol–water partition coefficient (Wildman–Crippen LogP) is 2.60. The molecule has 0 spiro atoms. The Morgan fingerprint density at radius 3 is 2.55 bits per heavy atom. The van der Waals surface area contributed by atoms with Gasteiger partial charge in [-0.15, -0.1) is 11.3 Å². The Bertz CT molecular complexity index is 957. The molecule has 0 radical (unpaired) electrons. The van der Waals surface area contributed by atoms with Gasteiger partial charge >= 0.3 is 6.18 Å². The molecule has 2 aromatic rings. The lowest BCUT2D eigenvalue weighted by atomic mass is 10.1. The molecular weight excluding hydrogens is 431 g/mol. The molecule has 1 saturated heterocycles. The molecule has 0 unspecified atom stereocenters. The summed E-state index contributed by atoms with van der Waals surface area (Å²) in [4.78, 5) is 12.3. The van der Waals surface area contributed by atoms with Crippen molar-refractivity contribution in [3.05, 3.63) is 23.0 Å². The topological polar surface area (TPSA) is 97.3 Å². The standard InChI is InChI=1S/C16H20F3N5O3S2/c1-27-9-13-20-8-12(28-13)14-11(16(17,18)19)7-21-15(23-14)22-10-3-5-24(6-4-10)29(2,25)26/h7-8,10H,3-6,9H2,1-2H3,(H,21,22,23). The Morgan fingerprint density at radius 2 is 1.97 bits per heavy atom. The summed E-state index contributed by atoms with van der Waals surface area (Å²) in [5.74, 6) is 0.0625. The van der Waals surface area contributed by atoms with Crippen LogP contribution in [0.2, 0.25) is 0 Å². The maximum absolute atomic E-state index is 13.4. The van der Waals surface area contributed by atoms with E-state index in [0.29, 0.717) is 30.9 Å². The van der Waals surface area contributed by atoms with Crippen LogP contribution < -0.4 is 5.32 Å². The van der Waals surface area contributed by atoms with Crippen molar-refractivity contribution in [2.45, 2.75) is 31.7 Å². The molecule has 8 nitrogen and oxygen atoms in total. The minimum Gasteiger partial charge on any atom is -0.378 e. The number of hydrogen-bond acceptors (Lipinski definition) is 8. The van der Waals surface area contributed by atoms with Crippen LogP contribution in [-0.2, 0) is 27.5 Å². The number of halogens is 3. The molecule has 1 fully saturated rings. The third-order valence-electron chi connectivity index (χ3n) is 4.41. The van der Waals surface area contributed by atoms with Crippen LogP contribution in [0.1, 0.15) is 23.4 Å². The largest absolute Gasteiger partial charge is 0.420 e. The van der Waals surface area contributed by atoms with E-state index in [-0.39, 0.29) is 29.2 Å². The average molecular weight is 451 g/mol. The third-order valence-corrected chi connectivity index (χ3v) is 6.69. The summed E-state index contributed by atoms with van der Waals surface area (Å²) in [5.41, 5.74) is -1.19. The first-order chi connectivity index (χ1) is 13.6. The van der Waals surface area contributed by atoms with E-state index < -0.39 is 21.8 Å².